The van der Waals surface area contributed by atoms with E-state index in [4.69, 9.17) is 37.2 Å². The van der Waals surface area contributed by atoms with Crippen molar-refractivity contribution in [2.75, 3.05) is 16.6 Å². The smallest absolute Gasteiger partial charge is 0.266 e. The lowest BCUT2D eigenvalue weighted by atomic mass is 9.94. The molecule has 0 aliphatic carbocycles. The number of hydrogen-bond donors (Lipinski definition) is 0. The van der Waals surface area contributed by atoms with Gasteiger partial charge >= 0.3 is 0 Å². The van der Waals surface area contributed by atoms with E-state index in [1.807, 2.05) is 37.3 Å². The van der Waals surface area contributed by atoms with E-state index < -0.39 is 24.0 Å². The zero-order valence-electron chi connectivity index (χ0n) is 20.2. The van der Waals surface area contributed by atoms with Crippen molar-refractivity contribution in [3.05, 3.63) is 101 Å². The number of nitrogens with zero attached hydrogens (tertiary/aromatic N) is 2. The average molecular weight is 549 g/mol. The largest absolute Gasteiger partial charge is 0.494 e. The first kappa shape index (κ1) is 24.6. The van der Waals surface area contributed by atoms with Crippen LogP contribution >= 0.6 is 23.2 Å². The summed E-state index contributed by atoms with van der Waals surface area (Å²) in [6, 6.07) is 24.1. The Bertz CT molecular complexity index is 1510. The number of anilines is 2. The summed E-state index contributed by atoms with van der Waals surface area (Å²) >= 11 is 12.6. The van der Waals surface area contributed by atoms with Gasteiger partial charge in [-0.2, -0.15) is 0 Å². The van der Waals surface area contributed by atoms with Crippen LogP contribution in [0.2, 0.25) is 10.0 Å². The highest BCUT2D eigenvalue weighted by Crippen LogP contribution is 2.48. The van der Waals surface area contributed by atoms with Crippen LogP contribution in [0.3, 0.4) is 0 Å². The van der Waals surface area contributed by atoms with Gasteiger partial charge in [-0.15, -0.1) is 0 Å². The number of hydrogen-bond acceptors (Lipinski definition) is 6. The van der Waals surface area contributed by atoms with Crippen molar-refractivity contribution in [1.82, 2.24) is 0 Å². The Hall–Kier alpha value is -3.78. The Labute approximate surface area is 229 Å². The van der Waals surface area contributed by atoms with E-state index in [2.05, 4.69) is 0 Å². The highest BCUT2D eigenvalue weighted by Gasteiger charge is 2.61. The van der Waals surface area contributed by atoms with Crippen molar-refractivity contribution in [2.45, 2.75) is 19.1 Å². The maximum absolute atomic E-state index is 13.8. The zero-order valence-corrected chi connectivity index (χ0v) is 21.7. The van der Waals surface area contributed by atoms with Crippen molar-refractivity contribution in [3.8, 4) is 17.1 Å². The second-order valence-electron chi connectivity index (χ2n) is 8.92. The minimum atomic E-state index is -1.01. The Morgan fingerprint density at radius 2 is 1.63 bits per heavy atom. The molecule has 192 valence electrons. The standard InChI is InChI=1S/C29H22Cl2N2O5/c1-2-36-20-11-9-18(10-12-20)32-28(34)25-26(33(38-27(25)29(32)35)19-6-4-3-5-7-19)24-15-14-23(37-24)21-16-17(30)8-13-22(21)31/h3-16,25-27H,2H2,1H3/t25-,26+,27+/m1/s1. The monoisotopic (exact) mass is 548 g/mol. The average Bonchev–Trinajstić information content (AvgIpc) is 3.62. The number of benzene rings is 3. The number of amides is 2. The van der Waals surface area contributed by atoms with Crippen LogP contribution < -0.4 is 14.7 Å². The van der Waals surface area contributed by atoms with Crippen LogP contribution in [0, 0.1) is 5.92 Å². The lowest BCUT2D eigenvalue weighted by Crippen LogP contribution is -2.37. The highest BCUT2D eigenvalue weighted by atomic mass is 35.5. The van der Waals surface area contributed by atoms with Crippen molar-refractivity contribution in [2.24, 2.45) is 5.92 Å². The molecule has 0 unspecified atom stereocenters. The van der Waals surface area contributed by atoms with Gasteiger partial charge in [-0.1, -0.05) is 41.4 Å². The van der Waals surface area contributed by atoms with Crippen LogP contribution in [0.1, 0.15) is 18.7 Å². The second-order valence-corrected chi connectivity index (χ2v) is 9.77. The first-order valence-corrected chi connectivity index (χ1v) is 12.9. The van der Waals surface area contributed by atoms with E-state index in [0.29, 0.717) is 50.9 Å². The summed E-state index contributed by atoms with van der Waals surface area (Å²) in [5.41, 5.74) is 1.77. The summed E-state index contributed by atoms with van der Waals surface area (Å²) in [4.78, 5) is 34.7. The highest BCUT2D eigenvalue weighted by molar-refractivity contribution is 6.35. The maximum Gasteiger partial charge on any atom is 0.266 e. The van der Waals surface area contributed by atoms with E-state index in [1.54, 1.807) is 59.7 Å². The maximum atomic E-state index is 13.8. The van der Waals surface area contributed by atoms with E-state index in [0.717, 1.165) is 0 Å². The van der Waals surface area contributed by atoms with Crippen LogP contribution in [-0.2, 0) is 14.4 Å². The van der Waals surface area contributed by atoms with Gasteiger partial charge in [0.15, 0.2) is 6.10 Å². The normalized spacial score (nSPS) is 20.8. The first-order valence-electron chi connectivity index (χ1n) is 12.1. The van der Waals surface area contributed by atoms with Crippen LogP contribution in [0.25, 0.3) is 11.3 Å². The van der Waals surface area contributed by atoms with Gasteiger partial charge in [0.25, 0.3) is 5.91 Å². The Balaban J connectivity index is 1.39. The Morgan fingerprint density at radius 1 is 0.868 bits per heavy atom. The number of fused-ring (bicyclic) bond motifs is 1. The molecule has 3 heterocycles. The van der Waals surface area contributed by atoms with Crippen LogP contribution in [0.5, 0.6) is 5.75 Å². The van der Waals surface area contributed by atoms with Crippen LogP contribution in [0.15, 0.2) is 89.3 Å². The number of carbonyl (C=O) groups is 2. The molecular weight excluding hydrogens is 527 g/mol. The fourth-order valence-corrected chi connectivity index (χ4v) is 5.34. The molecule has 3 aromatic carbocycles. The number of furan rings is 1. The molecule has 0 radical (unpaired) electrons. The van der Waals surface area contributed by atoms with Gasteiger partial charge < -0.3 is 9.15 Å². The molecule has 0 spiro atoms. The molecule has 6 rings (SSSR count). The number of para-hydroxylation sites is 1. The number of imide groups is 1. The van der Waals surface area contributed by atoms with Crippen molar-refractivity contribution in [3.63, 3.8) is 0 Å². The number of rotatable bonds is 6. The third kappa shape index (κ3) is 4.13. The number of halogens is 2. The molecule has 0 bridgehead atoms. The molecule has 4 aromatic rings. The SMILES string of the molecule is CCOc1ccc(N2C(=O)[C@H]3[C@H](ON(c4ccccc4)[C@H]3c3ccc(-c4cc(Cl)ccc4Cl)o3)C2=O)cc1. The molecular formula is C29H22Cl2N2O5. The van der Waals surface area contributed by atoms with Gasteiger partial charge in [0.1, 0.15) is 29.2 Å². The van der Waals surface area contributed by atoms with Gasteiger partial charge in [-0.25, -0.2) is 9.96 Å². The summed E-state index contributed by atoms with van der Waals surface area (Å²) in [7, 11) is 0. The molecule has 0 N–H and O–H groups in total. The van der Waals surface area contributed by atoms with Gasteiger partial charge in [0.2, 0.25) is 5.91 Å². The summed E-state index contributed by atoms with van der Waals surface area (Å²) < 4.78 is 11.7. The van der Waals surface area contributed by atoms with Gasteiger partial charge in [-0.3, -0.25) is 14.4 Å². The Morgan fingerprint density at radius 3 is 2.37 bits per heavy atom. The summed E-state index contributed by atoms with van der Waals surface area (Å²) in [6.07, 6.45) is -1.01. The van der Waals surface area contributed by atoms with Crippen LogP contribution in [-0.4, -0.2) is 24.5 Å². The Kier molecular flexibility index (Phi) is 6.35. The molecule has 38 heavy (non-hydrogen) atoms. The van der Waals surface area contributed by atoms with Crippen molar-refractivity contribution in [1.29, 1.82) is 0 Å². The summed E-state index contributed by atoms with van der Waals surface area (Å²) in [6.45, 7) is 2.40. The predicted octanol–water partition coefficient (Wildman–Crippen LogP) is 6.70. The van der Waals surface area contributed by atoms with Gasteiger partial charge in [0.05, 0.1) is 23.0 Å². The second kappa shape index (κ2) is 9.83. The molecule has 0 saturated carbocycles. The third-order valence-electron chi connectivity index (χ3n) is 6.64. The van der Waals surface area contributed by atoms with E-state index >= 15 is 0 Å². The van der Waals surface area contributed by atoms with E-state index in [9.17, 15) is 9.59 Å². The molecule has 1 aromatic heterocycles. The third-order valence-corrected chi connectivity index (χ3v) is 7.21. The fourth-order valence-electron chi connectivity index (χ4n) is 4.96. The molecule has 2 saturated heterocycles. The van der Waals surface area contributed by atoms with E-state index in [-0.39, 0.29) is 5.91 Å². The summed E-state index contributed by atoms with van der Waals surface area (Å²) in [5, 5.41) is 2.58. The van der Waals surface area contributed by atoms with Gasteiger partial charge in [0, 0.05) is 10.6 Å². The number of hydroxylamine groups is 1. The molecule has 2 amide bonds. The number of ether oxygens (including phenoxy) is 1. The minimum Gasteiger partial charge on any atom is -0.494 e. The molecule has 3 atom stereocenters. The molecule has 2 aliphatic rings. The molecule has 9 heteroatoms. The lowest BCUT2D eigenvalue weighted by Gasteiger charge is -2.27. The molecule has 2 aliphatic heterocycles. The number of carbonyl (C=O) groups excluding carboxylic acids is 2. The van der Waals surface area contributed by atoms with Crippen LogP contribution in [0.4, 0.5) is 11.4 Å². The molecule has 7 nitrogen and oxygen atoms in total. The molecule has 2 fully saturated rings. The predicted molar refractivity (Wildman–Crippen MR) is 144 cm³/mol. The summed E-state index contributed by atoms with van der Waals surface area (Å²) in [5.74, 6) is -0.0272. The zero-order chi connectivity index (χ0) is 26.4. The van der Waals surface area contributed by atoms with Crippen molar-refractivity contribution < 1.29 is 23.6 Å². The van der Waals surface area contributed by atoms with E-state index in [1.165, 1.54) is 4.90 Å². The fraction of sp³-hybridized carbons (Fsp3) is 0.172. The quantitative estimate of drug-likeness (QED) is 0.249. The lowest BCUT2D eigenvalue weighted by molar-refractivity contribution is -0.126. The first-order chi connectivity index (χ1) is 18.5. The van der Waals surface area contributed by atoms with Gasteiger partial charge in [-0.05, 0) is 73.7 Å². The topological polar surface area (TPSA) is 72.2 Å². The van der Waals surface area contributed by atoms with Crippen molar-refractivity contribution >= 4 is 46.4 Å². The minimum absolute atomic E-state index is 0.369.